The lowest BCUT2D eigenvalue weighted by molar-refractivity contribution is -0.251. The number of hydrogen-bond acceptors (Lipinski definition) is 2. The second-order valence-electron chi connectivity index (χ2n) is 10.1. The summed E-state index contributed by atoms with van der Waals surface area (Å²) in [7, 11) is -1.97. The van der Waals surface area contributed by atoms with Crippen molar-refractivity contribution < 1.29 is 9.53 Å². The monoisotopic (exact) mass is 338 g/mol. The summed E-state index contributed by atoms with van der Waals surface area (Å²) < 4.78 is 7.28. The van der Waals surface area contributed by atoms with Crippen molar-refractivity contribution in [1.29, 1.82) is 0 Å². The van der Waals surface area contributed by atoms with Crippen LogP contribution in [0.1, 0.15) is 80.6 Å². The van der Waals surface area contributed by atoms with Gasteiger partial charge in [-0.25, -0.2) is 0 Å². The Hall–Kier alpha value is 0.137. The van der Waals surface area contributed by atoms with Crippen molar-refractivity contribution in [3.05, 3.63) is 0 Å². The van der Waals surface area contributed by atoms with Crippen molar-refractivity contribution >= 4 is 8.32 Å². The highest BCUT2D eigenvalue weighted by Gasteiger charge is 2.66. The fourth-order valence-corrected chi connectivity index (χ4v) is 12.9. The minimum atomic E-state index is -1.97. The minimum absolute atomic E-state index is 0.314. The Balaban J connectivity index is 1.99. The van der Waals surface area contributed by atoms with Gasteiger partial charge in [0.05, 0.1) is 11.2 Å². The Morgan fingerprint density at radius 2 is 1.30 bits per heavy atom. The van der Waals surface area contributed by atoms with Gasteiger partial charge in [-0.05, 0) is 73.4 Å². The van der Waals surface area contributed by atoms with Crippen LogP contribution >= 0.6 is 0 Å². The first kappa shape index (κ1) is 17.9. The lowest BCUT2D eigenvalue weighted by atomic mass is 9.48. The number of hydrogen-bond donors (Lipinski definition) is 1. The van der Waals surface area contributed by atoms with Gasteiger partial charge in [0.25, 0.3) is 0 Å². The zero-order valence-electron chi connectivity index (χ0n) is 16.4. The molecular weight excluding hydrogens is 300 g/mol. The molecule has 0 aliphatic heterocycles. The molecule has 0 radical (unpaired) electrons. The molecule has 4 rings (SSSR count). The van der Waals surface area contributed by atoms with Crippen LogP contribution in [0.5, 0.6) is 0 Å². The van der Waals surface area contributed by atoms with Crippen LogP contribution in [0.4, 0.5) is 0 Å². The quantitative estimate of drug-likeness (QED) is 0.670. The molecule has 3 unspecified atom stereocenters. The van der Waals surface area contributed by atoms with Crippen LogP contribution in [0.25, 0.3) is 0 Å². The van der Waals surface area contributed by atoms with Crippen LogP contribution in [0, 0.1) is 17.8 Å². The second-order valence-corrected chi connectivity index (χ2v) is 15.5. The Morgan fingerprint density at radius 3 is 1.65 bits per heavy atom. The van der Waals surface area contributed by atoms with Crippen molar-refractivity contribution in [2.24, 2.45) is 17.8 Å². The predicted molar refractivity (Wildman–Crippen MR) is 99.0 cm³/mol. The molecule has 4 bridgehead atoms. The normalized spacial score (nSPS) is 43.2. The molecule has 3 atom stereocenters. The molecule has 0 spiro atoms. The topological polar surface area (TPSA) is 29.5 Å². The molecule has 4 aliphatic rings. The van der Waals surface area contributed by atoms with Gasteiger partial charge in [0.1, 0.15) is 0 Å². The first-order chi connectivity index (χ1) is 10.5. The Morgan fingerprint density at radius 1 is 0.870 bits per heavy atom. The zero-order valence-corrected chi connectivity index (χ0v) is 17.4. The third-order valence-electron chi connectivity index (χ3n) is 7.95. The maximum absolute atomic E-state index is 11.6. The summed E-state index contributed by atoms with van der Waals surface area (Å²) in [5, 5.41) is 11.6. The van der Waals surface area contributed by atoms with E-state index < -0.39 is 13.9 Å². The Kier molecular flexibility index (Phi) is 4.35. The SMILES string of the molecule is CC(C)[Si](OC1(C)C2CC3CC(C2)CC1(O)C3)(C(C)C)C(C)C. The fourth-order valence-electron chi connectivity index (χ4n) is 7.07. The van der Waals surface area contributed by atoms with Crippen molar-refractivity contribution in [2.45, 2.75) is 108 Å². The average molecular weight is 339 g/mol. The molecule has 0 aromatic rings. The smallest absolute Gasteiger partial charge is 0.201 e. The maximum Gasteiger partial charge on any atom is 0.201 e. The highest BCUT2D eigenvalue weighted by molar-refractivity contribution is 6.77. The summed E-state index contributed by atoms with van der Waals surface area (Å²) in [4.78, 5) is 0. The number of aliphatic hydroxyl groups is 1. The van der Waals surface area contributed by atoms with Crippen molar-refractivity contribution in [3.8, 4) is 0 Å². The van der Waals surface area contributed by atoms with Gasteiger partial charge in [-0.15, -0.1) is 0 Å². The predicted octanol–water partition coefficient (Wildman–Crippen LogP) is 5.51. The Labute approximate surface area is 144 Å². The van der Waals surface area contributed by atoms with E-state index in [4.69, 9.17) is 4.43 Å². The Bertz CT molecular complexity index is 423. The van der Waals surface area contributed by atoms with Crippen LogP contribution in [0.2, 0.25) is 16.6 Å². The molecule has 23 heavy (non-hydrogen) atoms. The largest absolute Gasteiger partial charge is 0.408 e. The average Bonchev–Trinajstić information content (AvgIpc) is 2.40. The van der Waals surface area contributed by atoms with Gasteiger partial charge < -0.3 is 9.53 Å². The first-order valence-electron chi connectivity index (χ1n) is 9.97. The molecule has 2 nitrogen and oxygen atoms in total. The second kappa shape index (κ2) is 5.57. The van der Waals surface area contributed by atoms with Gasteiger partial charge in [0.2, 0.25) is 8.32 Å². The lowest BCUT2D eigenvalue weighted by Crippen LogP contribution is -2.72. The molecular formula is C20H38O2Si. The van der Waals surface area contributed by atoms with E-state index in [9.17, 15) is 5.11 Å². The van der Waals surface area contributed by atoms with Crippen LogP contribution in [-0.2, 0) is 4.43 Å². The third-order valence-corrected chi connectivity index (χ3v) is 14.1. The molecule has 134 valence electrons. The summed E-state index contributed by atoms with van der Waals surface area (Å²) in [5.41, 5.74) is 0.866. The van der Waals surface area contributed by atoms with Crippen LogP contribution < -0.4 is 0 Å². The molecule has 0 heterocycles. The van der Waals surface area contributed by atoms with Crippen molar-refractivity contribution in [1.82, 2.24) is 0 Å². The van der Waals surface area contributed by atoms with E-state index in [1.165, 1.54) is 19.3 Å². The highest BCUT2D eigenvalue weighted by atomic mass is 28.4. The van der Waals surface area contributed by atoms with E-state index >= 15 is 0 Å². The fraction of sp³-hybridized carbons (Fsp3) is 1.00. The van der Waals surface area contributed by atoms with Crippen molar-refractivity contribution in [2.75, 3.05) is 0 Å². The summed E-state index contributed by atoms with van der Waals surface area (Å²) >= 11 is 0. The standard InChI is InChI=1S/C20H38O2Si/c1-13(2)23(14(3)4,15(5)6)22-19(7)18-9-16-8-17(10-18)12-20(19,21)11-16/h13-18,21H,8-12H2,1-7H3. The van der Waals surface area contributed by atoms with Gasteiger partial charge in [-0.3, -0.25) is 0 Å². The molecule has 0 aromatic carbocycles. The van der Waals surface area contributed by atoms with Crippen LogP contribution in [0.3, 0.4) is 0 Å². The summed E-state index contributed by atoms with van der Waals surface area (Å²) in [6, 6.07) is 0. The molecule has 3 heteroatoms. The van der Waals surface area contributed by atoms with E-state index in [-0.39, 0.29) is 5.60 Å². The van der Waals surface area contributed by atoms with E-state index in [2.05, 4.69) is 48.5 Å². The first-order valence-corrected chi connectivity index (χ1v) is 12.1. The van der Waals surface area contributed by atoms with E-state index in [1.54, 1.807) is 0 Å². The van der Waals surface area contributed by atoms with Gasteiger partial charge in [0.15, 0.2) is 0 Å². The van der Waals surface area contributed by atoms with Crippen molar-refractivity contribution in [3.63, 3.8) is 0 Å². The lowest BCUT2D eigenvalue weighted by Gasteiger charge is -2.66. The summed E-state index contributed by atoms with van der Waals surface area (Å²) in [5.74, 6) is 2.08. The minimum Gasteiger partial charge on any atom is -0.408 e. The van der Waals surface area contributed by atoms with Gasteiger partial charge in [0, 0.05) is 0 Å². The molecule has 4 saturated carbocycles. The highest BCUT2D eigenvalue weighted by Crippen LogP contribution is 2.63. The van der Waals surface area contributed by atoms with E-state index in [0.717, 1.165) is 24.7 Å². The molecule has 4 aliphatic carbocycles. The van der Waals surface area contributed by atoms with Gasteiger partial charge >= 0.3 is 0 Å². The molecule has 0 amide bonds. The van der Waals surface area contributed by atoms with Gasteiger partial charge in [-0.2, -0.15) is 0 Å². The molecule has 1 N–H and O–H groups in total. The van der Waals surface area contributed by atoms with Crippen LogP contribution in [-0.4, -0.2) is 24.6 Å². The maximum atomic E-state index is 11.6. The molecule has 0 saturated heterocycles. The van der Waals surface area contributed by atoms with E-state index in [0.29, 0.717) is 22.5 Å². The van der Waals surface area contributed by atoms with Crippen LogP contribution in [0.15, 0.2) is 0 Å². The third kappa shape index (κ3) is 2.40. The van der Waals surface area contributed by atoms with Gasteiger partial charge in [-0.1, -0.05) is 41.5 Å². The number of rotatable bonds is 5. The summed E-state index contributed by atoms with van der Waals surface area (Å²) in [6.45, 7) is 16.4. The zero-order chi connectivity index (χ0) is 17.2. The van der Waals surface area contributed by atoms with E-state index in [1.807, 2.05) is 0 Å². The molecule has 4 fully saturated rings. The summed E-state index contributed by atoms with van der Waals surface area (Å²) in [6.07, 6.45) is 5.89. The molecule has 0 aromatic heterocycles.